The Morgan fingerprint density at radius 3 is 2.62 bits per heavy atom. The maximum Gasteiger partial charge on any atom is 0.322 e. The summed E-state index contributed by atoms with van der Waals surface area (Å²) >= 11 is 0. The number of nitrogens with one attached hydrogen (secondary N) is 1. The summed E-state index contributed by atoms with van der Waals surface area (Å²) in [6.07, 6.45) is 0.813. The molecule has 0 bridgehead atoms. The van der Waals surface area contributed by atoms with E-state index >= 15 is 0 Å². The summed E-state index contributed by atoms with van der Waals surface area (Å²) in [6.45, 7) is 4.04. The molecular weight excluding hydrogens is 440 g/mol. The van der Waals surface area contributed by atoms with E-state index in [-0.39, 0.29) is 49.3 Å². The highest BCUT2D eigenvalue weighted by Gasteiger charge is 2.54. The van der Waals surface area contributed by atoms with Crippen molar-refractivity contribution >= 4 is 17.6 Å². The lowest BCUT2D eigenvalue weighted by Gasteiger charge is -2.58. The third kappa shape index (κ3) is 4.75. The van der Waals surface area contributed by atoms with Gasteiger partial charge in [0.2, 0.25) is 5.91 Å². The van der Waals surface area contributed by atoms with E-state index in [1.54, 1.807) is 4.90 Å². The molecule has 2 aliphatic rings. The molecule has 0 saturated carbocycles. The highest BCUT2D eigenvalue weighted by Crippen LogP contribution is 2.43. The topological polar surface area (TPSA) is 72.9 Å². The molecule has 4 rings (SSSR count). The number of carbonyl (C=O) groups is 2. The van der Waals surface area contributed by atoms with Gasteiger partial charge in [-0.3, -0.25) is 4.79 Å². The van der Waals surface area contributed by atoms with Crippen LogP contribution in [0.25, 0.3) is 0 Å². The number of fused-ring (bicyclic) bond motifs is 1. The lowest BCUT2D eigenvalue weighted by atomic mass is 9.73. The molecule has 2 saturated heterocycles. The normalized spacial score (nSPS) is 21.5. The predicted octanol–water partition coefficient (Wildman–Crippen LogP) is 3.57. The molecule has 0 unspecified atom stereocenters. The number of halogens is 2. The zero-order valence-electron chi connectivity index (χ0n) is 19.1. The van der Waals surface area contributed by atoms with Gasteiger partial charge in [0.05, 0.1) is 24.4 Å². The van der Waals surface area contributed by atoms with Gasteiger partial charge in [0.15, 0.2) is 0 Å². The second kappa shape index (κ2) is 9.82. The zero-order valence-corrected chi connectivity index (χ0v) is 19.1. The maximum atomic E-state index is 13.9. The van der Waals surface area contributed by atoms with E-state index in [9.17, 15) is 23.5 Å². The highest BCUT2D eigenvalue weighted by molar-refractivity contribution is 5.94. The van der Waals surface area contributed by atoms with E-state index in [0.29, 0.717) is 5.92 Å². The van der Waals surface area contributed by atoms with Crippen LogP contribution >= 0.6 is 0 Å². The monoisotopic (exact) mass is 467 g/mol. The number of carbonyl (C=O) groups excluding carboxylic acids is 2. The molecule has 3 amide bonds. The minimum Gasteiger partial charge on any atom is -0.394 e. The van der Waals surface area contributed by atoms with Crippen LogP contribution in [0.5, 0.6) is 0 Å². The van der Waals surface area contributed by atoms with Crippen LogP contribution < -0.4 is 5.32 Å². The van der Waals surface area contributed by atoms with Crippen LogP contribution in [0.4, 0.5) is 19.3 Å². The summed E-state index contributed by atoms with van der Waals surface area (Å²) in [5.74, 6) is 4.89. The maximum absolute atomic E-state index is 13.9. The fraction of sp³-hybridized carbons (Fsp3) is 0.385. The summed E-state index contributed by atoms with van der Waals surface area (Å²) in [7, 11) is 0. The highest BCUT2D eigenvalue weighted by atomic mass is 19.1. The van der Waals surface area contributed by atoms with Crippen LogP contribution in [0.2, 0.25) is 0 Å². The number of anilines is 1. The minimum atomic E-state index is -0.766. The van der Waals surface area contributed by atoms with Crippen molar-refractivity contribution in [3.63, 3.8) is 0 Å². The lowest BCUT2D eigenvalue weighted by molar-refractivity contribution is -0.159. The first-order chi connectivity index (χ1) is 16.3. The first kappa shape index (κ1) is 23.7. The second-order valence-corrected chi connectivity index (χ2v) is 9.10. The van der Waals surface area contributed by atoms with Crippen molar-refractivity contribution in [1.29, 1.82) is 0 Å². The molecule has 2 aromatic rings. The van der Waals surface area contributed by atoms with E-state index < -0.39 is 17.7 Å². The fourth-order valence-electron chi connectivity index (χ4n) is 4.59. The summed E-state index contributed by atoms with van der Waals surface area (Å²) in [6, 6.07) is 9.13. The Hall–Kier alpha value is -3.44. The predicted molar refractivity (Wildman–Crippen MR) is 124 cm³/mol. The molecule has 3 atom stereocenters. The molecule has 34 heavy (non-hydrogen) atoms. The Kier molecular flexibility index (Phi) is 6.85. The minimum absolute atomic E-state index is 0.159. The molecule has 2 aliphatic heterocycles. The number of aliphatic hydroxyl groups is 1. The molecule has 0 radical (unpaired) electrons. The molecule has 6 nitrogen and oxygen atoms in total. The number of rotatable bonds is 4. The Balaban J connectivity index is 1.49. The Morgan fingerprint density at radius 1 is 1.21 bits per heavy atom. The average Bonchev–Trinajstić information content (AvgIpc) is 2.78. The van der Waals surface area contributed by atoms with Gasteiger partial charge in [-0.25, -0.2) is 13.6 Å². The van der Waals surface area contributed by atoms with Gasteiger partial charge in [-0.05, 0) is 35.7 Å². The molecule has 8 heteroatoms. The number of aliphatic hydroxyl groups excluding tert-OH is 1. The first-order valence-electron chi connectivity index (χ1n) is 11.3. The molecular formula is C26H27F2N3O3. The van der Waals surface area contributed by atoms with Crippen LogP contribution in [0.3, 0.4) is 0 Å². The van der Waals surface area contributed by atoms with Gasteiger partial charge in [0.25, 0.3) is 0 Å². The van der Waals surface area contributed by atoms with Crippen molar-refractivity contribution in [2.24, 2.45) is 5.92 Å². The molecule has 0 spiro atoms. The van der Waals surface area contributed by atoms with E-state index in [1.807, 2.05) is 24.3 Å². The van der Waals surface area contributed by atoms with Crippen molar-refractivity contribution in [3.8, 4) is 11.8 Å². The van der Waals surface area contributed by atoms with Gasteiger partial charge in [-0.1, -0.05) is 37.8 Å². The van der Waals surface area contributed by atoms with Crippen LogP contribution in [0.15, 0.2) is 42.5 Å². The summed E-state index contributed by atoms with van der Waals surface area (Å²) in [4.78, 5) is 28.4. The number of benzene rings is 2. The third-order valence-electron chi connectivity index (χ3n) is 6.25. The Morgan fingerprint density at radius 2 is 1.94 bits per heavy atom. The van der Waals surface area contributed by atoms with Crippen LogP contribution in [-0.4, -0.2) is 58.6 Å². The van der Waals surface area contributed by atoms with E-state index in [0.717, 1.165) is 35.7 Å². The van der Waals surface area contributed by atoms with Crippen molar-refractivity contribution in [1.82, 2.24) is 9.80 Å². The van der Waals surface area contributed by atoms with Crippen LogP contribution in [0.1, 0.15) is 37.3 Å². The molecule has 0 aliphatic carbocycles. The van der Waals surface area contributed by atoms with Gasteiger partial charge in [-0.2, -0.15) is 0 Å². The molecule has 2 N–H and O–H groups in total. The first-order valence-corrected chi connectivity index (χ1v) is 11.3. The number of piperazine rings is 1. The van der Waals surface area contributed by atoms with Crippen LogP contribution in [-0.2, 0) is 4.79 Å². The lowest BCUT2D eigenvalue weighted by Crippen LogP contribution is -2.73. The largest absolute Gasteiger partial charge is 0.394 e. The van der Waals surface area contributed by atoms with Gasteiger partial charge in [0, 0.05) is 30.5 Å². The number of amides is 3. The van der Waals surface area contributed by atoms with Crippen molar-refractivity contribution in [2.75, 3.05) is 25.0 Å². The summed E-state index contributed by atoms with van der Waals surface area (Å²) in [5.41, 5.74) is 1.55. The van der Waals surface area contributed by atoms with Crippen molar-refractivity contribution in [3.05, 3.63) is 65.2 Å². The molecule has 178 valence electrons. The quantitative estimate of drug-likeness (QED) is 0.676. The van der Waals surface area contributed by atoms with Crippen molar-refractivity contribution in [2.45, 2.75) is 38.3 Å². The summed E-state index contributed by atoms with van der Waals surface area (Å²) in [5, 5.41) is 12.3. The number of hydrogen-bond acceptors (Lipinski definition) is 3. The van der Waals surface area contributed by atoms with E-state index in [4.69, 9.17) is 0 Å². The zero-order chi connectivity index (χ0) is 24.4. The van der Waals surface area contributed by atoms with Gasteiger partial charge in [0.1, 0.15) is 18.2 Å². The smallest absolute Gasteiger partial charge is 0.322 e. The van der Waals surface area contributed by atoms with E-state index in [2.05, 4.69) is 31.0 Å². The SMILES string of the molecule is CC(C)CC#Cc1ccc([C@@H]2[C@@H](CO)N3C(=O)CN(C(=O)Nc4cc(F)ccc4F)C[C@H]23)cc1. The second-order valence-electron chi connectivity index (χ2n) is 9.10. The van der Waals surface area contributed by atoms with Crippen molar-refractivity contribution < 1.29 is 23.5 Å². The average molecular weight is 468 g/mol. The molecule has 2 fully saturated rings. The number of hydrogen-bond donors (Lipinski definition) is 2. The third-order valence-corrected chi connectivity index (χ3v) is 6.25. The van der Waals surface area contributed by atoms with Crippen LogP contribution in [0, 0.1) is 29.4 Å². The standard InChI is InChI=1S/C26H27F2N3O3/c1-16(2)4-3-5-17-6-8-18(9-7-17)25-22-13-30(14-24(33)31(22)23(25)15-32)26(34)29-21-12-19(27)10-11-20(21)28/h6-12,16,22-23,25,32H,4,13-15H2,1-2H3,(H,29,34)/t22-,23-,25+/m1/s1. The Bertz CT molecular complexity index is 1140. The molecule has 2 heterocycles. The van der Waals surface area contributed by atoms with Gasteiger partial charge < -0.3 is 20.2 Å². The molecule has 0 aromatic heterocycles. The number of nitrogens with zero attached hydrogens (tertiary/aromatic N) is 2. The Labute approximate surface area is 197 Å². The van der Waals surface area contributed by atoms with E-state index in [1.165, 1.54) is 4.90 Å². The van der Waals surface area contributed by atoms with Gasteiger partial charge in [-0.15, -0.1) is 0 Å². The van der Waals surface area contributed by atoms with Gasteiger partial charge >= 0.3 is 6.03 Å². The fourth-order valence-corrected chi connectivity index (χ4v) is 4.59. The number of urea groups is 1. The molecule has 2 aromatic carbocycles. The summed E-state index contributed by atoms with van der Waals surface area (Å²) < 4.78 is 27.4.